The molecule has 1 fully saturated rings. The summed E-state index contributed by atoms with van der Waals surface area (Å²) in [6.45, 7) is 1.90. The van der Waals surface area contributed by atoms with Crippen LogP contribution in [0.25, 0.3) is 0 Å². The second-order valence-corrected chi connectivity index (χ2v) is 5.43. The highest BCUT2D eigenvalue weighted by Crippen LogP contribution is 2.25. The third-order valence-electron chi connectivity index (χ3n) is 3.64. The maximum Gasteiger partial charge on any atom is 0.421 e. The van der Waals surface area contributed by atoms with Gasteiger partial charge in [-0.1, -0.05) is 6.92 Å². The summed E-state index contributed by atoms with van der Waals surface area (Å²) in [5, 5.41) is 10.6. The van der Waals surface area contributed by atoms with Crippen LogP contribution >= 0.6 is 0 Å². The molecule has 1 unspecified atom stereocenters. The Bertz CT molecular complexity index is 654. The molecular formula is C16H18N2O7. The molecule has 1 aromatic rings. The lowest BCUT2D eigenvalue weighted by Gasteiger charge is -2.30. The van der Waals surface area contributed by atoms with Crippen molar-refractivity contribution in [2.75, 3.05) is 11.5 Å². The molecule has 0 aromatic heterocycles. The summed E-state index contributed by atoms with van der Waals surface area (Å²) >= 11 is 0. The average Bonchev–Trinajstić information content (AvgIpc) is 2.58. The molecule has 1 aliphatic heterocycles. The molecule has 1 aromatic carbocycles. The maximum atomic E-state index is 12.2. The van der Waals surface area contributed by atoms with Crippen LogP contribution in [-0.2, 0) is 19.1 Å². The van der Waals surface area contributed by atoms with E-state index in [0.29, 0.717) is 19.3 Å². The number of esters is 1. The van der Waals surface area contributed by atoms with Crippen LogP contribution in [0.5, 0.6) is 0 Å². The van der Waals surface area contributed by atoms with Crippen molar-refractivity contribution in [1.82, 2.24) is 0 Å². The zero-order valence-corrected chi connectivity index (χ0v) is 13.7. The van der Waals surface area contributed by atoms with Crippen molar-refractivity contribution in [3.8, 4) is 0 Å². The molecule has 134 valence electrons. The molecule has 0 aliphatic carbocycles. The lowest BCUT2D eigenvalue weighted by molar-refractivity contribution is -0.384. The standard InChI is InChI=1S/C16H18N2O7/c1-2-15(20)24-9-3-4-13-10-14(19)17(16(21)25-13)11-5-7-12(8-6-11)18(22)23/h5-8,13H,2-4,9-10H2,1H3. The summed E-state index contributed by atoms with van der Waals surface area (Å²) in [6, 6.07) is 5.07. The number of non-ortho nitro benzene ring substituents is 1. The van der Waals surface area contributed by atoms with Crippen molar-refractivity contribution < 1.29 is 28.8 Å². The number of ether oxygens (including phenoxy) is 2. The SMILES string of the molecule is CCC(=O)OCCCC1CC(=O)N(c2ccc([N+](=O)[O-])cc2)C(=O)O1. The van der Waals surface area contributed by atoms with Gasteiger partial charge < -0.3 is 9.47 Å². The van der Waals surface area contributed by atoms with E-state index in [0.717, 1.165) is 4.90 Å². The number of benzene rings is 1. The Balaban J connectivity index is 1.91. The fraction of sp³-hybridized carbons (Fsp3) is 0.438. The Hall–Kier alpha value is -2.97. The minimum atomic E-state index is -0.819. The van der Waals surface area contributed by atoms with Gasteiger partial charge in [0, 0.05) is 18.6 Å². The van der Waals surface area contributed by atoms with E-state index in [-0.39, 0.29) is 30.4 Å². The number of nitro benzene ring substituents is 1. The normalized spacial score (nSPS) is 17.2. The van der Waals surface area contributed by atoms with Crippen LogP contribution in [0.1, 0.15) is 32.6 Å². The summed E-state index contributed by atoms with van der Waals surface area (Å²) in [4.78, 5) is 46.3. The summed E-state index contributed by atoms with van der Waals surface area (Å²) in [6.07, 6.45) is -0.210. The fourth-order valence-electron chi connectivity index (χ4n) is 2.36. The largest absolute Gasteiger partial charge is 0.466 e. The van der Waals surface area contributed by atoms with E-state index < -0.39 is 23.0 Å². The molecule has 0 bridgehead atoms. The first kappa shape index (κ1) is 18.4. The number of amides is 2. The Labute approximate surface area is 143 Å². The van der Waals surface area contributed by atoms with Gasteiger partial charge in [0.05, 0.1) is 23.6 Å². The summed E-state index contributed by atoms with van der Waals surface area (Å²) in [7, 11) is 0. The van der Waals surface area contributed by atoms with Crippen LogP contribution in [0, 0.1) is 10.1 Å². The van der Waals surface area contributed by atoms with Crippen molar-refractivity contribution >= 4 is 29.3 Å². The van der Waals surface area contributed by atoms with E-state index in [2.05, 4.69) is 0 Å². The Kier molecular flexibility index (Phi) is 6.04. The zero-order valence-electron chi connectivity index (χ0n) is 13.7. The van der Waals surface area contributed by atoms with E-state index in [1.54, 1.807) is 6.92 Å². The Morgan fingerprint density at radius 1 is 1.36 bits per heavy atom. The highest BCUT2D eigenvalue weighted by atomic mass is 16.6. The predicted molar refractivity (Wildman–Crippen MR) is 86.0 cm³/mol. The van der Waals surface area contributed by atoms with E-state index in [4.69, 9.17) is 9.47 Å². The lowest BCUT2D eigenvalue weighted by atomic mass is 10.1. The van der Waals surface area contributed by atoms with Gasteiger partial charge in [-0.15, -0.1) is 0 Å². The molecule has 2 rings (SSSR count). The second-order valence-electron chi connectivity index (χ2n) is 5.43. The lowest BCUT2D eigenvalue weighted by Crippen LogP contribution is -2.46. The first-order chi connectivity index (χ1) is 11.9. The second kappa shape index (κ2) is 8.22. The summed E-state index contributed by atoms with van der Waals surface area (Å²) < 4.78 is 10.2. The van der Waals surface area contributed by atoms with Crippen molar-refractivity contribution in [3.63, 3.8) is 0 Å². The number of carbonyl (C=O) groups is 3. The van der Waals surface area contributed by atoms with Crippen LogP contribution in [0.2, 0.25) is 0 Å². The fourth-order valence-corrected chi connectivity index (χ4v) is 2.36. The van der Waals surface area contributed by atoms with Crippen LogP contribution < -0.4 is 4.90 Å². The molecule has 1 saturated heterocycles. The topological polar surface area (TPSA) is 116 Å². The zero-order chi connectivity index (χ0) is 18.4. The number of anilines is 1. The molecule has 0 radical (unpaired) electrons. The average molecular weight is 350 g/mol. The minimum Gasteiger partial charge on any atom is -0.466 e. The van der Waals surface area contributed by atoms with Gasteiger partial charge in [-0.2, -0.15) is 0 Å². The van der Waals surface area contributed by atoms with Crippen molar-refractivity contribution in [1.29, 1.82) is 0 Å². The van der Waals surface area contributed by atoms with Crippen LogP contribution in [0.15, 0.2) is 24.3 Å². The third-order valence-corrected chi connectivity index (χ3v) is 3.64. The number of imide groups is 1. The molecule has 9 nitrogen and oxygen atoms in total. The van der Waals surface area contributed by atoms with E-state index in [9.17, 15) is 24.5 Å². The summed E-state index contributed by atoms with van der Waals surface area (Å²) in [5.41, 5.74) is 0.0806. The van der Waals surface area contributed by atoms with E-state index >= 15 is 0 Å². The van der Waals surface area contributed by atoms with Gasteiger partial charge in [0.15, 0.2) is 0 Å². The first-order valence-electron chi connectivity index (χ1n) is 7.86. The number of cyclic esters (lactones) is 1. The molecule has 0 saturated carbocycles. The monoisotopic (exact) mass is 350 g/mol. The van der Waals surface area contributed by atoms with Crippen LogP contribution in [0.4, 0.5) is 16.2 Å². The number of nitrogens with zero attached hydrogens (tertiary/aromatic N) is 2. The third kappa shape index (κ3) is 4.75. The predicted octanol–water partition coefficient (Wildman–Crippen LogP) is 2.57. The van der Waals surface area contributed by atoms with Gasteiger partial charge in [-0.05, 0) is 25.0 Å². The minimum absolute atomic E-state index is 0.00442. The van der Waals surface area contributed by atoms with Gasteiger partial charge in [-0.3, -0.25) is 19.7 Å². The van der Waals surface area contributed by atoms with Crippen LogP contribution in [-0.4, -0.2) is 35.6 Å². The Morgan fingerprint density at radius 2 is 2.04 bits per heavy atom. The number of hydrogen-bond acceptors (Lipinski definition) is 7. The van der Waals surface area contributed by atoms with Gasteiger partial charge in [-0.25, -0.2) is 9.69 Å². The molecule has 2 amide bonds. The van der Waals surface area contributed by atoms with E-state index in [1.807, 2.05) is 0 Å². The molecule has 25 heavy (non-hydrogen) atoms. The van der Waals surface area contributed by atoms with Crippen molar-refractivity contribution in [2.45, 2.75) is 38.7 Å². The number of carbonyl (C=O) groups excluding carboxylic acids is 3. The molecule has 1 aliphatic rings. The maximum absolute atomic E-state index is 12.2. The van der Waals surface area contributed by atoms with Crippen molar-refractivity contribution in [2.24, 2.45) is 0 Å². The first-order valence-corrected chi connectivity index (χ1v) is 7.86. The number of hydrogen-bond donors (Lipinski definition) is 0. The molecule has 0 N–H and O–H groups in total. The van der Waals surface area contributed by atoms with E-state index in [1.165, 1.54) is 24.3 Å². The van der Waals surface area contributed by atoms with Gasteiger partial charge in [0.1, 0.15) is 6.10 Å². The Morgan fingerprint density at radius 3 is 2.60 bits per heavy atom. The number of rotatable bonds is 7. The van der Waals surface area contributed by atoms with Crippen molar-refractivity contribution in [3.05, 3.63) is 34.4 Å². The van der Waals surface area contributed by atoms with Crippen LogP contribution in [0.3, 0.4) is 0 Å². The molecule has 1 atom stereocenters. The molecular weight excluding hydrogens is 332 g/mol. The highest BCUT2D eigenvalue weighted by molar-refractivity contribution is 6.13. The molecule has 0 spiro atoms. The highest BCUT2D eigenvalue weighted by Gasteiger charge is 2.35. The van der Waals surface area contributed by atoms with Gasteiger partial charge in [0.2, 0.25) is 5.91 Å². The van der Waals surface area contributed by atoms with Gasteiger partial charge >= 0.3 is 12.1 Å². The molecule has 1 heterocycles. The quantitative estimate of drug-likeness (QED) is 0.321. The smallest absolute Gasteiger partial charge is 0.421 e. The number of nitro groups is 1. The molecule has 9 heteroatoms. The summed E-state index contributed by atoms with van der Waals surface area (Å²) in [5.74, 6) is -0.748. The van der Waals surface area contributed by atoms with Gasteiger partial charge in [0.25, 0.3) is 5.69 Å².